The van der Waals surface area contributed by atoms with Gasteiger partial charge < -0.3 is 10.6 Å². The van der Waals surface area contributed by atoms with E-state index in [1.165, 1.54) is 0 Å². The van der Waals surface area contributed by atoms with Crippen LogP contribution >= 0.6 is 0 Å². The summed E-state index contributed by atoms with van der Waals surface area (Å²) in [6.45, 7) is 3.07. The number of nitrogens with zero attached hydrogens (tertiary/aromatic N) is 8. The van der Waals surface area contributed by atoms with Crippen molar-refractivity contribution in [3.63, 3.8) is 0 Å². The molecule has 4 heterocycles. The molecule has 1 aliphatic heterocycles. The van der Waals surface area contributed by atoms with E-state index in [2.05, 4.69) is 31.7 Å². The van der Waals surface area contributed by atoms with Crippen molar-refractivity contribution in [3.8, 4) is 17.2 Å². The Morgan fingerprint density at radius 3 is 2.26 bits per heavy atom. The van der Waals surface area contributed by atoms with Crippen LogP contribution in [0.3, 0.4) is 0 Å². The van der Waals surface area contributed by atoms with E-state index in [1.54, 1.807) is 28.2 Å². The molecule has 1 saturated heterocycles. The summed E-state index contributed by atoms with van der Waals surface area (Å²) >= 11 is 0. The van der Waals surface area contributed by atoms with Crippen molar-refractivity contribution < 1.29 is 4.79 Å². The van der Waals surface area contributed by atoms with E-state index in [9.17, 15) is 10.1 Å². The van der Waals surface area contributed by atoms with Crippen LogP contribution < -0.4 is 15.5 Å². The minimum atomic E-state index is -0.173. The van der Waals surface area contributed by atoms with Gasteiger partial charge in [0, 0.05) is 62.8 Å². The zero-order chi connectivity index (χ0) is 31.7. The lowest BCUT2D eigenvalue weighted by Gasteiger charge is -2.37. The minimum absolute atomic E-state index is 0.0336. The molecule has 2 amide bonds. The average Bonchev–Trinajstić information content (AvgIpc) is 3.54. The lowest BCUT2D eigenvalue weighted by Crippen LogP contribution is -2.51. The summed E-state index contributed by atoms with van der Waals surface area (Å²) in [6, 6.07) is 25.8. The van der Waals surface area contributed by atoms with Gasteiger partial charge in [-0.25, -0.2) is 19.7 Å². The van der Waals surface area contributed by atoms with Crippen LogP contribution in [-0.2, 0) is 26.7 Å². The molecule has 11 nitrogen and oxygen atoms in total. The maximum atomic E-state index is 13.7. The third-order valence-corrected chi connectivity index (χ3v) is 8.09. The van der Waals surface area contributed by atoms with E-state index in [-0.39, 0.29) is 12.1 Å². The maximum Gasteiger partial charge on any atom is 0.323 e. The van der Waals surface area contributed by atoms with Gasteiger partial charge in [-0.3, -0.25) is 14.5 Å². The Kier molecular flexibility index (Phi) is 9.56. The van der Waals surface area contributed by atoms with Crippen LogP contribution in [0.15, 0.2) is 97.6 Å². The van der Waals surface area contributed by atoms with Gasteiger partial charge in [0.2, 0.25) is 0 Å². The van der Waals surface area contributed by atoms with Crippen LogP contribution in [0.5, 0.6) is 0 Å². The molecule has 0 atom stereocenters. The van der Waals surface area contributed by atoms with Gasteiger partial charge in [-0.15, -0.1) is 0 Å². The number of carbonyl (C=O) groups excluding carboxylic acids is 1. The number of pyridine rings is 1. The van der Waals surface area contributed by atoms with Crippen LogP contribution in [0, 0.1) is 11.3 Å². The standard InChI is InChI=1S/C35H36N10O/c1-43-24-30(23-41-43)28-12-13-33(38-21-28)45(35(46)40-20-27-10-6-3-7-11-27)31-14-16-44(17-15-31)25-32-37-22-29(18-36)34(42-32)39-19-26-8-4-2-5-9-26/h2-13,21-24,31H,14-17,19-20,25H2,1H3,(H,40,46)(H,37,39,42). The van der Waals surface area contributed by atoms with Gasteiger partial charge in [0.25, 0.3) is 0 Å². The van der Waals surface area contributed by atoms with Gasteiger partial charge in [0.05, 0.1) is 18.9 Å². The smallest absolute Gasteiger partial charge is 0.323 e. The second-order valence-electron chi connectivity index (χ2n) is 11.3. The molecule has 3 aromatic heterocycles. The molecule has 6 rings (SSSR count). The molecule has 0 saturated carbocycles. The molecule has 1 fully saturated rings. The van der Waals surface area contributed by atoms with E-state index in [4.69, 9.17) is 9.97 Å². The Morgan fingerprint density at radius 2 is 1.63 bits per heavy atom. The second kappa shape index (κ2) is 14.5. The Balaban J connectivity index is 1.13. The molecule has 2 N–H and O–H groups in total. The summed E-state index contributed by atoms with van der Waals surface area (Å²) < 4.78 is 1.76. The van der Waals surface area contributed by atoms with E-state index in [1.807, 2.05) is 86.0 Å². The van der Waals surface area contributed by atoms with E-state index in [0.29, 0.717) is 42.7 Å². The van der Waals surface area contributed by atoms with Crippen molar-refractivity contribution in [3.05, 3.63) is 120 Å². The Morgan fingerprint density at radius 1 is 0.913 bits per heavy atom. The molecule has 5 aromatic rings. The predicted molar refractivity (Wildman–Crippen MR) is 176 cm³/mol. The zero-order valence-electron chi connectivity index (χ0n) is 25.8. The topological polar surface area (TPSA) is 128 Å². The maximum absolute atomic E-state index is 13.7. The summed E-state index contributed by atoms with van der Waals surface area (Å²) in [6.07, 6.45) is 8.65. The van der Waals surface area contributed by atoms with Crippen molar-refractivity contribution in [1.29, 1.82) is 5.26 Å². The highest BCUT2D eigenvalue weighted by Gasteiger charge is 2.30. The number of amides is 2. The number of rotatable bonds is 10. The number of aryl methyl sites for hydroxylation is 1. The lowest BCUT2D eigenvalue weighted by atomic mass is 10.0. The highest BCUT2D eigenvalue weighted by molar-refractivity contribution is 5.91. The van der Waals surface area contributed by atoms with Crippen LogP contribution in [0.4, 0.5) is 16.4 Å². The number of nitriles is 1. The number of carbonyl (C=O) groups is 1. The van der Waals surface area contributed by atoms with E-state index < -0.39 is 0 Å². The first-order chi connectivity index (χ1) is 22.6. The molecule has 0 bridgehead atoms. The minimum Gasteiger partial charge on any atom is -0.365 e. The quantitative estimate of drug-likeness (QED) is 0.222. The molecule has 0 radical (unpaired) electrons. The number of anilines is 2. The highest BCUT2D eigenvalue weighted by Crippen LogP contribution is 2.26. The van der Waals surface area contributed by atoms with Crippen LogP contribution in [0.25, 0.3) is 11.1 Å². The third-order valence-electron chi connectivity index (χ3n) is 8.09. The third kappa shape index (κ3) is 7.54. The number of hydrogen-bond acceptors (Lipinski definition) is 8. The molecule has 2 aromatic carbocycles. The van der Waals surface area contributed by atoms with Crippen LogP contribution in [0.1, 0.15) is 35.4 Å². The van der Waals surface area contributed by atoms with Crippen molar-refractivity contribution >= 4 is 17.7 Å². The Hall–Kier alpha value is -5.60. The first kappa shape index (κ1) is 30.4. The van der Waals surface area contributed by atoms with Crippen molar-refractivity contribution in [1.82, 2.24) is 34.9 Å². The summed E-state index contributed by atoms with van der Waals surface area (Å²) in [4.78, 5) is 31.7. The summed E-state index contributed by atoms with van der Waals surface area (Å²) in [5.41, 5.74) is 4.46. The lowest BCUT2D eigenvalue weighted by molar-refractivity contribution is 0.193. The molecule has 0 aliphatic carbocycles. The molecule has 0 unspecified atom stereocenters. The second-order valence-corrected chi connectivity index (χ2v) is 11.3. The number of aromatic nitrogens is 5. The molecular weight excluding hydrogens is 576 g/mol. The number of likely N-dealkylation sites (tertiary alicyclic amines) is 1. The molecule has 11 heteroatoms. The van der Waals surface area contributed by atoms with Gasteiger partial charge in [0.15, 0.2) is 0 Å². The SMILES string of the molecule is Cn1cc(-c2ccc(N(C(=O)NCc3ccccc3)C3CCN(Cc4ncc(C#N)c(NCc5ccccc5)n4)CC3)nc2)cn1. The van der Waals surface area contributed by atoms with Gasteiger partial charge >= 0.3 is 6.03 Å². The number of benzene rings is 2. The predicted octanol–water partition coefficient (Wildman–Crippen LogP) is 5.14. The van der Waals surface area contributed by atoms with Crippen LogP contribution in [0.2, 0.25) is 0 Å². The monoisotopic (exact) mass is 612 g/mol. The van der Waals surface area contributed by atoms with Crippen molar-refractivity contribution in [2.45, 2.75) is 38.5 Å². The molecule has 0 spiro atoms. The normalized spacial score (nSPS) is 13.6. The number of piperidine rings is 1. The number of urea groups is 1. The van der Waals surface area contributed by atoms with E-state index >= 15 is 0 Å². The Labute approximate surface area is 268 Å². The first-order valence-electron chi connectivity index (χ1n) is 15.4. The molecule has 1 aliphatic rings. The number of hydrogen-bond donors (Lipinski definition) is 2. The van der Waals surface area contributed by atoms with Gasteiger partial charge in [-0.1, -0.05) is 60.7 Å². The average molecular weight is 613 g/mol. The first-order valence-corrected chi connectivity index (χ1v) is 15.4. The fourth-order valence-electron chi connectivity index (χ4n) is 5.61. The van der Waals surface area contributed by atoms with Gasteiger partial charge in [0.1, 0.15) is 29.1 Å². The molecule has 46 heavy (non-hydrogen) atoms. The van der Waals surface area contributed by atoms with Gasteiger partial charge in [-0.05, 0) is 36.1 Å². The Bertz CT molecular complexity index is 1780. The summed E-state index contributed by atoms with van der Waals surface area (Å²) in [7, 11) is 1.88. The fraction of sp³-hybridized carbons (Fsp3) is 0.257. The summed E-state index contributed by atoms with van der Waals surface area (Å²) in [5, 5.41) is 20.3. The molecule has 232 valence electrons. The summed E-state index contributed by atoms with van der Waals surface area (Å²) in [5.74, 6) is 1.80. The number of nitrogens with one attached hydrogen (secondary N) is 2. The van der Waals surface area contributed by atoms with Gasteiger partial charge in [-0.2, -0.15) is 10.4 Å². The fourth-order valence-corrected chi connectivity index (χ4v) is 5.61. The zero-order valence-corrected chi connectivity index (χ0v) is 25.8. The molecular formula is C35H36N10O. The highest BCUT2D eigenvalue weighted by atomic mass is 16.2. The van der Waals surface area contributed by atoms with Crippen LogP contribution in [-0.4, -0.2) is 54.8 Å². The van der Waals surface area contributed by atoms with E-state index in [0.717, 1.165) is 48.2 Å². The largest absolute Gasteiger partial charge is 0.365 e. The van der Waals surface area contributed by atoms with Crippen molar-refractivity contribution in [2.75, 3.05) is 23.3 Å². The van der Waals surface area contributed by atoms with Crippen molar-refractivity contribution in [2.24, 2.45) is 7.05 Å².